The van der Waals surface area contributed by atoms with Gasteiger partial charge in [0, 0.05) is 5.02 Å². The van der Waals surface area contributed by atoms with Gasteiger partial charge in [-0.3, -0.25) is 0 Å². The van der Waals surface area contributed by atoms with Gasteiger partial charge in [-0.15, -0.1) is 0 Å². The van der Waals surface area contributed by atoms with Crippen LogP contribution in [0.15, 0.2) is 18.2 Å². The van der Waals surface area contributed by atoms with Gasteiger partial charge in [0.15, 0.2) is 0 Å². The molecule has 0 radical (unpaired) electrons. The first-order valence-electron chi connectivity index (χ1n) is 4.72. The van der Waals surface area contributed by atoms with E-state index in [-0.39, 0.29) is 10.9 Å². The summed E-state index contributed by atoms with van der Waals surface area (Å²) in [7, 11) is 0. The van der Waals surface area contributed by atoms with Crippen molar-refractivity contribution in [1.82, 2.24) is 0 Å². The van der Waals surface area contributed by atoms with Crippen LogP contribution in [0.5, 0.6) is 0 Å². The fourth-order valence-electron chi connectivity index (χ4n) is 1.30. The van der Waals surface area contributed by atoms with Crippen molar-refractivity contribution in [3.63, 3.8) is 0 Å². The van der Waals surface area contributed by atoms with E-state index in [0.29, 0.717) is 5.56 Å². The fourth-order valence-corrected chi connectivity index (χ4v) is 1.54. The predicted octanol–water partition coefficient (Wildman–Crippen LogP) is 4.87. The number of rotatable bonds is 2. The van der Waals surface area contributed by atoms with E-state index in [1.165, 1.54) is 6.07 Å². The lowest BCUT2D eigenvalue weighted by molar-refractivity contribution is -0.137. The molecule has 1 unspecified atom stereocenters. The molecule has 4 heteroatoms. The van der Waals surface area contributed by atoms with Crippen LogP contribution < -0.4 is 0 Å². The second kappa shape index (κ2) is 4.44. The van der Waals surface area contributed by atoms with Gasteiger partial charge in [0.2, 0.25) is 0 Å². The lowest BCUT2D eigenvalue weighted by Gasteiger charge is -2.13. The SMILES string of the molecule is CCC(C)c1cc(Cl)cc(C(F)(F)F)c1. The normalized spacial score (nSPS) is 14.0. The van der Waals surface area contributed by atoms with Gasteiger partial charge in [0.05, 0.1) is 5.56 Å². The third-order valence-corrected chi connectivity index (χ3v) is 2.65. The van der Waals surface area contributed by atoms with Crippen LogP contribution in [-0.4, -0.2) is 0 Å². The van der Waals surface area contributed by atoms with E-state index in [0.717, 1.165) is 12.5 Å². The number of hydrogen-bond donors (Lipinski definition) is 0. The topological polar surface area (TPSA) is 0 Å². The quantitative estimate of drug-likeness (QED) is 0.687. The molecule has 1 aromatic rings. The summed E-state index contributed by atoms with van der Waals surface area (Å²) < 4.78 is 37.4. The highest BCUT2D eigenvalue weighted by molar-refractivity contribution is 6.30. The lowest BCUT2D eigenvalue weighted by Crippen LogP contribution is -2.06. The van der Waals surface area contributed by atoms with Crippen molar-refractivity contribution in [3.05, 3.63) is 34.3 Å². The molecule has 84 valence electrons. The molecule has 15 heavy (non-hydrogen) atoms. The highest BCUT2D eigenvalue weighted by Crippen LogP contribution is 2.34. The Hall–Kier alpha value is -0.700. The van der Waals surface area contributed by atoms with Crippen molar-refractivity contribution in [2.45, 2.75) is 32.4 Å². The Labute approximate surface area is 92.1 Å². The summed E-state index contributed by atoms with van der Waals surface area (Å²) in [5, 5.41) is 0.139. The molecule has 1 atom stereocenters. The van der Waals surface area contributed by atoms with Crippen molar-refractivity contribution >= 4 is 11.6 Å². The molecule has 0 aromatic heterocycles. The Bertz CT molecular complexity index is 344. The number of hydrogen-bond acceptors (Lipinski definition) is 0. The first-order chi connectivity index (χ1) is 6.84. The highest BCUT2D eigenvalue weighted by atomic mass is 35.5. The van der Waals surface area contributed by atoms with Gasteiger partial charge in [-0.2, -0.15) is 13.2 Å². The van der Waals surface area contributed by atoms with Crippen molar-refractivity contribution in [3.8, 4) is 0 Å². The van der Waals surface area contributed by atoms with Crippen LogP contribution in [0.2, 0.25) is 5.02 Å². The molecule has 0 spiro atoms. The van der Waals surface area contributed by atoms with Crippen LogP contribution in [0.25, 0.3) is 0 Å². The van der Waals surface area contributed by atoms with E-state index >= 15 is 0 Å². The summed E-state index contributed by atoms with van der Waals surface area (Å²) in [5.41, 5.74) is -0.0392. The smallest absolute Gasteiger partial charge is 0.166 e. The van der Waals surface area contributed by atoms with Gasteiger partial charge in [-0.1, -0.05) is 25.4 Å². The molecule has 0 aliphatic heterocycles. The summed E-state index contributed by atoms with van der Waals surface area (Å²) in [6.45, 7) is 3.81. The second-order valence-corrected chi connectivity index (χ2v) is 4.02. The molecular formula is C11H12ClF3. The number of alkyl halides is 3. The molecule has 0 N–H and O–H groups in total. The molecular weight excluding hydrogens is 225 g/mol. The van der Waals surface area contributed by atoms with Gasteiger partial charge in [-0.25, -0.2) is 0 Å². The van der Waals surface area contributed by atoms with Crippen LogP contribution in [0.4, 0.5) is 13.2 Å². The fraction of sp³-hybridized carbons (Fsp3) is 0.455. The largest absolute Gasteiger partial charge is 0.416 e. The van der Waals surface area contributed by atoms with Gasteiger partial charge >= 0.3 is 6.18 Å². The van der Waals surface area contributed by atoms with Crippen molar-refractivity contribution in [2.75, 3.05) is 0 Å². The van der Waals surface area contributed by atoms with E-state index in [2.05, 4.69) is 0 Å². The second-order valence-electron chi connectivity index (χ2n) is 3.58. The van der Waals surface area contributed by atoms with E-state index < -0.39 is 11.7 Å². The maximum absolute atomic E-state index is 12.5. The van der Waals surface area contributed by atoms with Gasteiger partial charge in [0.1, 0.15) is 0 Å². The van der Waals surface area contributed by atoms with Crippen molar-refractivity contribution in [2.24, 2.45) is 0 Å². The van der Waals surface area contributed by atoms with Crippen LogP contribution in [-0.2, 0) is 6.18 Å². The molecule has 1 rings (SSSR count). The highest BCUT2D eigenvalue weighted by Gasteiger charge is 2.31. The van der Waals surface area contributed by atoms with Gasteiger partial charge < -0.3 is 0 Å². The zero-order valence-electron chi connectivity index (χ0n) is 8.53. The minimum Gasteiger partial charge on any atom is -0.166 e. The predicted molar refractivity (Wildman–Crippen MR) is 55.2 cm³/mol. The Kier molecular flexibility index (Phi) is 3.66. The molecule has 0 amide bonds. The van der Waals surface area contributed by atoms with Crippen LogP contribution in [0.3, 0.4) is 0 Å². The zero-order chi connectivity index (χ0) is 11.6. The molecule has 1 aromatic carbocycles. The Morgan fingerprint density at radius 2 is 1.87 bits per heavy atom. The van der Waals surface area contributed by atoms with Crippen LogP contribution in [0, 0.1) is 0 Å². The van der Waals surface area contributed by atoms with Gasteiger partial charge in [0.25, 0.3) is 0 Å². The average molecular weight is 237 g/mol. The number of halogens is 4. The molecule has 0 fully saturated rings. The first-order valence-corrected chi connectivity index (χ1v) is 5.10. The monoisotopic (exact) mass is 236 g/mol. The molecule has 0 saturated carbocycles. The van der Waals surface area contributed by atoms with E-state index in [1.54, 1.807) is 6.07 Å². The third-order valence-electron chi connectivity index (χ3n) is 2.43. The van der Waals surface area contributed by atoms with Crippen LogP contribution in [0.1, 0.15) is 37.3 Å². The summed E-state index contributed by atoms with van der Waals surface area (Å²) in [4.78, 5) is 0. The summed E-state index contributed by atoms with van der Waals surface area (Å²) in [5.74, 6) is 0.0878. The number of benzene rings is 1. The Morgan fingerprint density at radius 1 is 1.27 bits per heavy atom. The summed E-state index contributed by atoms with van der Waals surface area (Å²) in [6.07, 6.45) is -3.54. The van der Waals surface area contributed by atoms with Gasteiger partial charge in [-0.05, 0) is 36.1 Å². The van der Waals surface area contributed by atoms with E-state index in [4.69, 9.17) is 11.6 Å². The standard InChI is InChI=1S/C11H12ClF3/c1-3-7(2)8-4-9(11(13,14)15)6-10(12)5-8/h4-7H,3H2,1-2H3. The zero-order valence-corrected chi connectivity index (χ0v) is 9.28. The lowest BCUT2D eigenvalue weighted by atomic mass is 9.97. The van der Waals surface area contributed by atoms with Crippen molar-refractivity contribution in [1.29, 1.82) is 0 Å². The maximum Gasteiger partial charge on any atom is 0.416 e. The molecule has 0 nitrogen and oxygen atoms in total. The van der Waals surface area contributed by atoms with Crippen LogP contribution >= 0.6 is 11.6 Å². The Balaban J connectivity index is 3.17. The molecule has 0 aliphatic carbocycles. The first kappa shape index (κ1) is 12.4. The molecule has 0 saturated heterocycles. The third kappa shape index (κ3) is 3.13. The van der Waals surface area contributed by atoms with E-state index in [1.807, 2.05) is 13.8 Å². The van der Waals surface area contributed by atoms with E-state index in [9.17, 15) is 13.2 Å². The maximum atomic E-state index is 12.5. The molecule has 0 bridgehead atoms. The molecule has 0 heterocycles. The summed E-state index contributed by atoms with van der Waals surface area (Å²) in [6, 6.07) is 3.71. The summed E-state index contributed by atoms with van der Waals surface area (Å²) >= 11 is 5.66. The average Bonchev–Trinajstić information content (AvgIpc) is 2.14. The Morgan fingerprint density at radius 3 is 2.33 bits per heavy atom. The molecule has 0 aliphatic rings. The minimum atomic E-state index is -4.33. The minimum absolute atomic E-state index is 0.0878. The van der Waals surface area contributed by atoms with Crippen molar-refractivity contribution < 1.29 is 13.2 Å².